The Kier molecular flexibility index (Phi) is 4.42. The first-order chi connectivity index (χ1) is 10.1. The highest BCUT2D eigenvalue weighted by Crippen LogP contribution is 2.33. The van der Waals surface area contributed by atoms with Gasteiger partial charge in [-0.1, -0.05) is 0 Å². The normalized spacial score (nSPS) is 18.8. The van der Waals surface area contributed by atoms with Crippen molar-refractivity contribution < 1.29 is 4.74 Å². The first-order valence-corrected chi connectivity index (χ1v) is 8.31. The summed E-state index contributed by atoms with van der Waals surface area (Å²) in [5, 5.41) is 4.31. The molecule has 0 saturated carbocycles. The molecule has 5 heteroatoms. The summed E-state index contributed by atoms with van der Waals surface area (Å²) in [6.07, 6.45) is 4.68. The Balaban J connectivity index is 1.59. The van der Waals surface area contributed by atoms with Gasteiger partial charge in [-0.3, -0.25) is 9.58 Å². The number of nitrogens with zero attached hydrogens (tertiary/aromatic N) is 3. The number of hydrogen-bond acceptors (Lipinski definition) is 4. The van der Waals surface area contributed by atoms with Gasteiger partial charge in [0, 0.05) is 47.8 Å². The van der Waals surface area contributed by atoms with Crippen LogP contribution in [0.5, 0.6) is 0 Å². The van der Waals surface area contributed by atoms with E-state index in [0.29, 0.717) is 6.10 Å². The first-order valence-electron chi connectivity index (χ1n) is 7.49. The van der Waals surface area contributed by atoms with Gasteiger partial charge in [-0.25, -0.2) is 0 Å². The molecule has 0 aliphatic carbocycles. The van der Waals surface area contributed by atoms with E-state index in [2.05, 4.69) is 36.1 Å². The zero-order valence-electron chi connectivity index (χ0n) is 13.0. The molecule has 0 radical (unpaired) electrons. The quantitative estimate of drug-likeness (QED) is 0.849. The molecule has 3 heterocycles. The summed E-state index contributed by atoms with van der Waals surface area (Å²) in [6.45, 7) is 4.95. The molecule has 1 fully saturated rings. The zero-order valence-corrected chi connectivity index (χ0v) is 13.8. The molecule has 0 spiro atoms. The fraction of sp³-hybridized carbons (Fsp3) is 0.562. The van der Waals surface area contributed by atoms with Gasteiger partial charge < -0.3 is 4.74 Å². The number of hydrogen-bond donors (Lipinski definition) is 0. The molecule has 0 N–H and O–H groups in total. The van der Waals surface area contributed by atoms with Crippen molar-refractivity contribution in [3.63, 3.8) is 0 Å². The van der Waals surface area contributed by atoms with Crippen LogP contribution in [0.3, 0.4) is 0 Å². The van der Waals surface area contributed by atoms with Crippen LogP contribution in [0.4, 0.5) is 0 Å². The topological polar surface area (TPSA) is 30.3 Å². The minimum atomic E-state index is 0.342. The van der Waals surface area contributed by atoms with Crippen LogP contribution in [0.15, 0.2) is 18.3 Å². The lowest BCUT2D eigenvalue weighted by atomic mass is 10.2. The highest BCUT2D eigenvalue weighted by Gasteiger charge is 2.19. The summed E-state index contributed by atoms with van der Waals surface area (Å²) in [5.74, 6) is 0. The largest absolute Gasteiger partial charge is 0.373 e. The maximum atomic E-state index is 5.76. The molecule has 1 atom stereocenters. The first kappa shape index (κ1) is 14.8. The molecule has 0 bridgehead atoms. The predicted molar refractivity (Wildman–Crippen MR) is 85.4 cm³/mol. The summed E-state index contributed by atoms with van der Waals surface area (Å²) in [4.78, 5) is 5.13. The van der Waals surface area contributed by atoms with Gasteiger partial charge in [0.15, 0.2) is 0 Å². The Morgan fingerprint density at radius 2 is 2.29 bits per heavy atom. The van der Waals surface area contributed by atoms with E-state index in [9.17, 15) is 0 Å². The second-order valence-electron chi connectivity index (χ2n) is 5.86. The molecule has 2 aromatic heterocycles. The van der Waals surface area contributed by atoms with E-state index >= 15 is 0 Å². The molecule has 114 valence electrons. The van der Waals surface area contributed by atoms with Gasteiger partial charge in [-0.2, -0.15) is 5.10 Å². The van der Waals surface area contributed by atoms with E-state index in [1.807, 2.05) is 29.3 Å². The Bertz CT molecular complexity index is 598. The molecule has 0 amide bonds. The lowest BCUT2D eigenvalue weighted by Crippen LogP contribution is -2.16. The molecular weight excluding hydrogens is 282 g/mol. The average Bonchev–Trinajstić information content (AvgIpc) is 3.16. The lowest BCUT2D eigenvalue weighted by Gasteiger charge is -2.15. The van der Waals surface area contributed by atoms with Gasteiger partial charge in [-0.05, 0) is 38.9 Å². The second kappa shape index (κ2) is 6.30. The zero-order chi connectivity index (χ0) is 14.8. The van der Waals surface area contributed by atoms with Crippen molar-refractivity contribution >= 4 is 11.3 Å². The van der Waals surface area contributed by atoms with E-state index in [4.69, 9.17) is 4.74 Å². The average molecular weight is 305 g/mol. The minimum Gasteiger partial charge on any atom is -0.373 e. The molecule has 0 aromatic carbocycles. The number of rotatable bonds is 5. The molecule has 1 aliphatic heterocycles. The van der Waals surface area contributed by atoms with Gasteiger partial charge in [0.1, 0.15) is 0 Å². The second-order valence-corrected chi connectivity index (χ2v) is 7.06. The van der Waals surface area contributed by atoms with Gasteiger partial charge in [0.2, 0.25) is 0 Å². The van der Waals surface area contributed by atoms with Crippen LogP contribution in [0.2, 0.25) is 0 Å². The number of aromatic nitrogens is 2. The Morgan fingerprint density at radius 3 is 2.95 bits per heavy atom. The molecule has 4 nitrogen and oxygen atoms in total. The third kappa shape index (κ3) is 3.36. The van der Waals surface area contributed by atoms with E-state index in [1.165, 1.54) is 33.9 Å². The summed E-state index contributed by atoms with van der Waals surface area (Å²) in [7, 11) is 4.16. The van der Waals surface area contributed by atoms with Crippen LogP contribution in [0.25, 0.3) is 0 Å². The monoisotopic (exact) mass is 305 g/mol. The SMILES string of the molecule is Cc1c(CN(C)Cc2ccc([C@@H]3CCCO3)s2)cnn1C. The van der Waals surface area contributed by atoms with Gasteiger partial charge in [0.05, 0.1) is 12.3 Å². The van der Waals surface area contributed by atoms with Crippen LogP contribution >= 0.6 is 11.3 Å². The Hall–Kier alpha value is -1.17. The maximum absolute atomic E-state index is 5.76. The van der Waals surface area contributed by atoms with Gasteiger partial charge in [0.25, 0.3) is 0 Å². The fourth-order valence-corrected chi connectivity index (χ4v) is 3.94. The molecule has 21 heavy (non-hydrogen) atoms. The highest BCUT2D eigenvalue weighted by molar-refractivity contribution is 7.12. The maximum Gasteiger partial charge on any atom is 0.0917 e. The molecule has 3 rings (SSSR count). The smallest absolute Gasteiger partial charge is 0.0917 e. The van der Waals surface area contributed by atoms with Crippen molar-refractivity contribution in [2.45, 2.75) is 39.0 Å². The summed E-state index contributed by atoms with van der Waals surface area (Å²) >= 11 is 1.89. The van der Waals surface area contributed by atoms with E-state index in [1.54, 1.807) is 0 Å². The van der Waals surface area contributed by atoms with Crippen LogP contribution in [-0.2, 0) is 24.9 Å². The van der Waals surface area contributed by atoms with Crippen molar-refractivity contribution in [1.29, 1.82) is 0 Å². The number of thiophene rings is 1. The molecule has 2 aromatic rings. The van der Waals surface area contributed by atoms with Gasteiger partial charge in [-0.15, -0.1) is 11.3 Å². The van der Waals surface area contributed by atoms with Crippen LogP contribution in [-0.4, -0.2) is 28.3 Å². The van der Waals surface area contributed by atoms with Crippen LogP contribution < -0.4 is 0 Å². The molecule has 1 aliphatic rings. The lowest BCUT2D eigenvalue weighted by molar-refractivity contribution is 0.114. The van der Waals surface area contributed by atoms with Crippen molar-refractivity contribution in [1.82, 2.24) is 14.7 Å². The number of aryl methyl sites for hydroxylation is 1. The highest BCUT2D eigenvalue weighted by atomic mass is 32.1. The van der Waals surface area contributed by atoms with E-state index < -0.39 is 0 Å². The third-order valence-corrected chi connectivity index (χ3v) is 5.29. The van der Waals surface area contributed by atoms with E-state index in [-0.39, 0.29) is 0 Å². The van der Waals surface area contributed by atoms with Crippen molar-refractivity contribution in [2.24, 2.45) is 7.05 Å². The summed E-state index contributed by atoms with van der Waals surface area (Å²) in [5.41, 5.74) is 2.55. The predicted octanol–water partition coefficient (Wildman–Crippen LogP) is 3.27. The fourth-order valence-electron chi connectivity index (χ4n) is 2.77. The molecule has 1 saturated heterocycles. The molecule has 0 unspecified atom stereocenters. The van der Waals surface area contributed by atoms with Crippen molar-refractivity contribution in [2.75, 3.05) is 13.7 Å². The van der Waals surface area contributed by atoms with Crippen molar-refractivity contribution in [3.05, 3.63) is 39.3 Å². The Morgan fingerprint density at radius 1 is 1.43 bits per heavy atom. The summed E-state index contributed by atoms with van der Waals surface area (Å²) < 4.78 is 7.69. The minimum absolute atomic E-state index is 0.342. The Labute approximate surface area is 130 Å². The van der Waals surface area contributed by atoms with Gasteiger partial charge >= 0.3 is 0 Å². The molecular formula is C16H23N3OS. The number of ether oxygens (including phenoxy) is 1. The third-order valence-electron chi connectivity index (χ3n) is 4.13. The van der Waals surface area contributed by atoms with Crippen molar-refractivity contribution in [3.8, 4) is 0 Å². The van der Waals surface area contributed by atoms with Crippen LogP contribution in [0.1, 0.15) is 40.0 Å². The standard InChI is InChI=1S/C16H23N3OS/c1-12-13(9-17-19(12)3)10-18(2)11-14-6-7-16(21-14)15-5-4-8-20-15/h6-7,9,15H,4-5,8,10-11H2,1-3H3/t15-/m0/s1. The summed E-state index contributed by atoms with van der Waals surface area (Å²) in [6, 6.07) is 4.48. The van der Waals surface area contributed by atoms with E-state index in [0.717, 1.165) is 19.7 Å². The van der Waals surface area contributed by atoms with Crippen LogP contribution in [0, 0.1) is 6.92 Å².